The lowest BCUT2D eigenvalue weighted by Crippen LogP contribution is -2.09. The lowest BCUT2D eigenvalue weighted by molar-refractivity contribution is 0.0472. The summed E-state index contributed by atoms with van der Waals surface area (Å²) < 4.78 is 6.03. The van der Waals surface area contributed by atoms with Gasteiger partial charge in [0, 0.05) is 20.7 Å². The van der Waals surface area contributed by atoms with E-state index in [1.165, 1.54) is 0 Å². The van der Waals surface area contributed by atoms with Crippen molar-refractivity contribution in [3.8, 4) is 0 Å². The maximum Gasteiger partial charge on any atom is 0.338 e. The molecule has 0 saturated heterocycles. The van der Waals surface area contributed by atoms with Crippen molar-refractivity contribution in [3.63, 3.8) is 0 Å². The van der Waals surface area contributed by atoms with E-state index in [9.17, 15) is 4.79 Å². The Morgan fingerprint density at radius 2 is 2.05 bits per heavy atom. The van der Waals surface area contributed by atoms with Crippen molar-refractivity contribution in [2.24, 2.45) is 0 Å². The molecular weight excluding hydrogens is 342 g/mol. The maximum atomic E-state index is 12.1. The van der Waals surface area contributed by atoms with E-state index in [0.717, 1.165) is 10.0 Å². The van der Waals surface area contributed by atoms with Crippen LogP contribution in [0, 0.1) is 6.92 Å². The van der Waals surface area contributed by atoms with E-state index in [1.54, 1.807) is 25.1 Å². The molecule has 2 rings (SSSR count). The van der Waals surface area contributed by atoms with Gasteiger partial charge >= 0.3 is 5.97 Å². The quantitative estimate of drug-likeness (QED) is 0.658. The molecule has 2 N–H and O–H groups in total. The highest BCUT2D eigenvalue weighted by Crippen LogP contribution is 2.24. The van der Waals surface area contributed by atoms with Gasteiger partial charge in [0.25, 0.3) is 0 Å². The first-order valence-electron chi connectivity index (χ1n) is 5.95. The van der Waals surface area contributed by atoms with Gasteiger partial charge in [0.05, 0.1) is 5.56 Å². The molecule has 0 spiro atoms. The SMILES string of the molecule is Cc1c(N)cc(Br)cc1C(=O)OCc1ccccc1Cl. The predicted molar refractivity (Wildman–Crippen MR) is 83.9 cm³/mol. The number of carbonyl (C=O) groups excluding carboxylic acids is 1. The second-order valence-corrected chi connectivity index (χ2v) is 5.66. The van der Waals surface area contributed by atoms with Crippen LogP contribution in [0.4, 0.5) is 5.69 Å². The fourth-order valence-electron chi connectivity index (χ4n) is 1.75. The van der Waals surface area contributed by atoms with E-state index in [4.69, 9.17) is 22.1 Å². The zero-order valence-corrected chi connectivity index (χ0v) is 13.2. The van der Waals surface area contributed by atoms with Crippen LogP contribution in [0.3, 0.4) is 0 Å². The van der Waals surface area contributed by atoms with Gasteiger partial charge in [-0.15, -0.1) is 0 Å². The highest BCUT2D eigenvalue weighted by Gasteiger charge is 2.14. The maximum absolute atomic E-state index is 12.1. The molecule has 0 aliphatic rings. The van der Waals surface area contributed by atoms with Crippen molar-refractivity contribution in [1.29, 1.82) is 0 Å². The van der Waals surface area contributed by atoms with E-state index < -0.39 is 5.97 Å². The number of nitrogen functional groups attached to an aromatic ring is 1. The molecule has 0 atom stereocenters. The van der Waals surface area contributed by atoms with E-state index in [2.05, 4.69) is 15.9 Å². The molecule has 0 amide bonds. The lowest BCUT2D eigenvalue weighted by Gasteiger charge is -2.10. The first kappa shape index (κ1) is 14.9. The number of rotatable bonds is 3. The van der Waals surface area contributed by atoms with Crippen molar-refractivity contribution >= 4 is 39.2 Å². The monoisotopic (exact) mass is 353 g/mol. The molecule has 0 aromatic heterocycles. The van der Waals surface area contributed by atoms with Gasteiger partial charge in [0.15, 0.2) is 0 Å². The second-order valence-electron chi connectivity index (χ2n) is 4.34. The average Bonchev–Trinajstić information content (AvgIpc) is 2.41. The topological polar surface area (TPSA) is 52.3 Å². The van der Waals surface area contributed by atoms with Gasteiger partial charge in [-0.2, -0.15) is 0 Å². The summed E-state index contributed by atoms with van der Waals surface area (Å²) in [6, 6.07) is 10.7. The highest BCUT2D eigenvalue weighted by molar-refractivity contribution is 9.10. The number of ether oxygens (including phenoxy) is 1. The van der Waals surface area contributed by atoms with Gasteiger partial charge < -0.3 is 10.5 Å². The molecule has 2 aromatic rings. The fraction of sp³-hybridized carbons (Fsp3) is 0.133. The summed E-state index contributed by atoms with van der Waals surface area (Å²) in [4.78, 5) is 12.1. The minimum Gasteiger partial charge on any atom is -0.457 e. The van der Waals surface area contributed by atoms with E-state index >= 15 is 0 Å². The van der Waals surface area contributed by atoms with Gasteiger partial charge in [-0.05, 0) is 30.7 Å². The molecule has 5 heteroatoms. The molecule has 0 aliphatic heterocycles. The van der Waals surface area contributed by atoms with Crippen molar-refractivity contribution in [1.82, 2.24) is 0 Å². The van der Waals surface area contributed by atoms with Crippen molar-refractivity contribution < 1.29 is 9.53 Å². The largest absolute Gasteiger partial charge is 0.457 e. The van der Waals surface area contributed by atoms with E-state index in [1.807, 2.05) is 18.2 Å². The molecule has 0 fully saturated rings. The summed E-state index contributed by atoms with van der Waals surface area (Å²) in [7, 11) is 0. The summed E-state index contributed by atoms with van der Waals surface area (Å²) in [5.74, 6) is -0.421. The van der Waals surface area contributed by atoms with Crippen molar-refractivity contribution in [3.05, 3.63) is 62.6 Å². The number of halogens is 2. The normalized spacial score (nSPS) is 10.3. The number of anilines is 1. The first-order valence-corrected chi connectivity index (χ1v) is 7.12. The highest BCUT2D eigenvalue weighted by atomic mass is 79.9. The predicted octanol–water partition coefficient (Wildman–Crippen LogP) is 4.35. The van der Waals surface area contributed by atoms with Crippen LogP contribution in [0.2, 0.25) is 5.02 Å². The molecule has 104 valence electrons. The van der Waals surface area contributed by atoms with Crippen LogP contribution in [-0.4, -0.2) is 5.97 Å². The van der Waals surface area contributed by atoms with Gasteiger partial charge in [0.2, 0.25) is 0 Å². The molecule has 3 nitrogen and oxygen atoms in total. The summed E-state index contributed by atoms with van der Waals surface area (Å²) in [5, 5.41) is 0.575. The molecular formula is C15H13BrClNO2. The summed E-state index contributed by atoms with van der Waals surface area (Å²) >= 11 is 9.33. The van der Waals surface area contributed by atoms with E-state index in [-0.39, 0.29) is 6.61 Å². The molecule has 0 radical (unpaired) electrons. The smallest absolute Gasteiger partial charge is 0.338 e. The Labute approximate surface area is 130 Å². The number of nitrogens with two attached hydrogens (primary N) is 1. The van der Waals surface area contributed by atoms with Gasteiger partial charge in [-0.1, -0.05) is 45.7 Å². The van der Waals surface area contributed by atoms with Gasteiger partial charge in [-0.3, -0.25) is 0 Å². The molecule has 0 saturated carbocycles. The Morgan fingerprint density at radius 1 is 1.35 bits per heavy atom. The van der Waals surface area contributed by atoms with Crippen LogP contribution in [0.1, 0.15) is 21.5 Å². The Hall–Kier alpha value is -1.52. The summed E-state index contributed by atoms with van der Waals surface area (Å²) in [5.41, 5.74) is 8.30. The first-order chi connectivity index (χ1) is 9.49. The number of carbonyl (C=O) groups is 1. The van der Waals surface area contributed by atoms with E-state index in [0.29, 0.717) is 21.8 Å². The van der Waals surface area contributed by atoms with Crippen LogP contribution in [0.5, 0.6) is 0 Å². The number of hydrogen-bond acceptors (Lipinski definition) is 3. The fourth-order valence-corrected chi connectivity index (χ4v) is 2.41. The van der Waals surface area contributed by atoms with Crippen molar-refractivity contribution in [2.45, 2.75) is 13.5 Å². The summed E-state index contributed by atoms with van der Waals surface area (Å²) in [6.07, 6.45) is 0. The molecule has 0 aliphatic carbocycles. The van der Waals surface area contributed by atoms with Gasteiger partial charge in [0.1, 0.15) is 6.61 Å². The average molecular weight is 355 g/mol. The van der Waals surface area contributed by atoms with Gasteiger partial charge in [-0.25, -0.2) is 4.79 Å². The molecule has 2 aromatic carbocycles. The standard InChI is InChI=1S/C15H13BrClNO2/c1-9-12(6-11(16)7-14(9)18)15(19)20-8-10-4-2-3-5-13(10)17/h2-7H,8,18H2,1H3. The Bertz CT molecular complexity index is 658. The third-order valence-corrected chi connectivity index (χ3v) is 3.78. The number of esters is 1. The Morgan fingerprint density at radius 3 is 2.75 bits per heavy atom. The Balaban J connectivity index is 2.15. The number of hydrogen-bond donors (Lipinski definition) is 1. The van der Waals surface area contributed by atoms with Crippen LogP contribution < -0.4 is 5.73 Å². The van der Waals surface area contributed by atoms with Crippen LogP contribution in [0.25, 0.3) is 0 Å². The lowest BCUT2D eigenvalue weighted by atomic mass is 10.1. The summed E-state index contributed by atoms with van der Waals surface area (Å²) in [6.45, 7) is 1.91. The zero-order valence-electron chi connectivity index (χ0n) is 10.8. The second kappa shape index (κ2) is 6.29. The van der Waals surface area contributed by atoms with Crippen LogP contribution in [0.15, 0.2) is 40.9 Å². The molecule has 0 unspecified atom stereocenters. The third kappa shape index (κ3) is 3.32. The van der Waals surface area contributed by atoms with Crippen LogP contribution >= 0.6 is 27.5 Å². The third-order valence-electron chi connectivity index (χ3n) is 2.95. The minimum absolute atomic E-state index is 0.129. The molecule has 20 heavy (non-hydrogen) atoms. The van der Waals surface area contributed by atoms with Crippen LogP contribution in [-0.2, 0) is 11.3 Å². The minimum atomic E-state index is -0.421. The van der Waals surface area contributed by atoms with Crippen molar-refractivity contribution in [2.75, 3.05) is 5.73 Å². The zero-order chi connectivity index (χ0) is 14.7. The molecule has 0 heterocycles. The Kier molecular flexibility index (Phi) is 4.68. The molecule has 0 bridgehead atoms. The number of benzene rings is 2.